The number of benzene rings is 1. The Morgan fingerprint density at radius 2 is 1.85 bits per heavy atom. The van der Waals surface area contributed by atoms with Crippen LogP contribution in [0, 0.1) is 18.3 Å². The predicted octanol–water partition coefficient (Wildman–Crippen LogP) is 4.66. The van der Waals surface area contributed by atoms with E-state index in [1.807, 2.05) is 0 Å². The maximum absolute atomic E-state index is 12.9. The first kappa shape index (κ1) is 20.8. The summed E-state index contributed by atoms with van der Waals surface area (Å²) in [6.07, 6.45) is -4.67. The molecule has 0 saturated carbocycles. The Bertz CT molecular complexity index is 905. The Labute approximate surface area is 163 Å². The maximum atomic E-state index is 12.9. The lowest BCUT2D eigenvalue weighted by atomic mass is 10.1. The number of aryl methyl sites for hydroxylation is 1. The molecule has 0 spiro atoms. The molecule has 142 valence electrons. The zero-order valence-corrected chi connectivity index (χ0v) is 15.7. The quantitative estimate of drug-likeness (QED) is 0.786. The van der Waals surface area contributed by atoms with Gasteiger partial charge in [0.1, 0.15) is 17.6 Å². The van der Waals surface area contributed by atoms with Crippen LogP contribution in [0.15, 0.2) is 24.3 Å². The molecule has 1 N–H and O–H groups in total. The smallest absolute Gasteiger partial charge is 0.360 e. The van der Waals surface area contributed by atoms with Crippen LogP contribution in [-0.2, 0) is 11.0 Å². The fourth-order valence-corrected chi connectivity index (χ4v) is 2.76. The van der Waals surface area contributed by atoms with E-state index in [4.69, 9.17) is 23.2 Å². The SMILES string of the molecule is Cc1cc(C(F)(F)F)nc(NCC(=O)N(C)c2cc(Cl)cc(Cl)c2)c1C#N. The normalized spacial score (nSPS) is 11.0. The lowest BCUT2D eigenvalue weighted by Gasteiger charge is -2.19. The second-order valence-corrected chi connectivity index (χ2v) is 6.46. The molecule has 0 bridgehead atoms. The molecule has 1 amide bonds. The Morgan fingerprint density at radius 1 is 1.26 bits per heavy atom. The molecule has 2 rings (SSSR count). The van der Waals surface area contributed by atoms with Gasteiger partial charge in [-0.2, -0.15) is 18.4 Å². The van der Waals surface area contributed by atoms with Crippen molar-refractivity contribution >= 4 is 40.6 Å². The minimum atomic E-state index is -4.67. The molecule has 0 saturated heterocycles. The molecular weight excluding hydrogens is 404 g/mol. The van der Waals surface area contributed by atoms with Crippen LogP contribution in [-0.4, -0.2) is 24.5 Å². The highest BCUT2D eigenvalue weighted by Crippen LogP contribution is 2.31. The molecule has 10 heteroatoms. The number of anilines is 2. The van der Waals surface area contributed by atoms with Crippen LogP contribution in [0.1, 0.15) is 16.8 Å². The minimum Gasteiger partial charge on any atom is -0.360 e. The maximum Gasteiger partial charge on any atom is 0.433 e. The summed E-state index contributed by atoms with van der Waals surface area (Å²) >= 11 is 11.8. The fraction of sp³-hybridized carbons (Fsp3) is 0.235. The van der Waals surface area contributed by atoms with Gasteiger partial charge in [0.05, 0.1) is 12.1 Å². The molecule has 0 unspecified atom stereocenters. The van der Waals surface area contributed by atoms with Crippen molar-refractivity contribution in [2.24, 2.45) is 0 Å². The van der Waals surface area contributed by atoms with E-state index in [0.717, 1.165) is 6.07 Å². The van der Waals surface area contributed by atoms with Crippen molar-refractivity contribution in [3.05, 3.63) is 51.1 Å². The van der Waals surface area contributed by atoms with Crippen molar-refractivity contribution < 1.29 is 18.0 Å². The van der Waals surface area contributed by atoms with Crippen molar-refractivity contribution in [1.82, 2.24) is 4.98 Å². The van der Waals surface area contributed by atoms with Crippen molar-refractivity contribution in [3.8, 4) is 6.07 Å². The van der Waals surface area contributed by atoms with Gasteiger partial charge in [-0.25, -0.2) is 4.98 Å². The van der Waals surface area contributed by atoms with E-state index in [1.54, 1.807) is 6.07 Å². The second kappa shape index (κ2) is 8.03. The monoisotopic (exact) mass is 416 g/mol. The third-order valence-corrected chi connectivity index (χ3v) is 4.07. The lowest BCUT2D eigenvalue weighted by Crippen LogP contribution is -2.32. The molecule has 0 aliphatic carbocycles. The summed E-state index contributed by atoms with van der Waals surface area (Å²) in [6.45, 7) is 0.978. The predicted molar refractivity (Wildman–Crippen MR) is 97.1 cm³/mol. The topological polar surface area (TPSA) is 69.0 Å². The molecule has 5 nitrogen and oxygen atoms in total. The van der Waals surface area contributed by atoms with Gasteiger partial charge in [0.25, 0.3) is 0 Å². The van der Waals surface area contributed by atoms with E-state index in [1.165, 1.54) is 37.1 Å². The molecular formula is C17H13Cl2F3N4O. The molecule has 1 heterocycles. The van der Waals surface area contributed by atoms with E-state index in [0.29, 0.717) is 15.7 Å². The van der Waals surface area contributed by atoms with E-state index in [9.17, 15) is 23.2 Å². The summed E-state index contributed by atoms with van der Waals surface area (Å²) in [4.78, 5) is 17.0. The van der Waals surface area contributed by atoms with Crippen LogP contribution < -0.4 is 10.2 Å². The van der Waals surface area contributed by atoms with E-state index < -0.39 is 17.8 Å². The molecule has 0 radical (unpaired) electrons. The third-order valence-electron chi connectivity index (χ3n) is 3.63. The van der Waals surface area contributed by atoms with E-state index >= 15 is 0 Å². The van der Waals surface area contributed by atoms with Crippen LogP contribution in [0.3, 0.4) is 0 Å². The highest BCUT2D eigenvalue weighted by molar-refractivity contribution is 6.35. The van der Waals surface area contributed by atoms with E-state index in [2.05, 4.69) is 10.3 Å². The largest absolute Gasteiger partial charge is 0.433 e. The number of amides is 1. The first-order valence-corrected chi connectivity index (χ1v) is 8.24. The number of alkyl halides is 3. The number of nitrogens with zero attached hydrogens (tertiary/aromatic N) is 3. The summed E-state index contributed by atoms with van der Waals surface area (Å²) in [6, 6.07) is 7.10. The van der Waals surface area contributed by atoms with Crippen molar-refractivity contribution in [1.29, 1.82) is 5.26 Å². The number of likely N-dealkylation sites (N-methyl/N-ethyl adjacent to an activating group) is 1. The molecule has 1 aromatic carbocycles. The van der Waals surface area contributed by atoms with Gasteiger partial charge < -0.3 is 10.2 Å². The minimum absolute atomic E-state index is 0.0655. The number of pyridine rings is 1. The average Bonchev–Trinajstić information content (AvgIpc) is 2.56. The zero-order chi connectivity index (χ0) is 20.4. The Hall–Kier alpha value is -2.50. The van der Waals surface area contributed by atoms with Crippen molar-refractivity contribution in [2.45, 2.75) is 13.1 Å². The Morgan fingerprint density at radius 3 is 2.37 bits per heavy atom. The standard InChI is InChI=1S/C17H13Cl2F3N4O/c1-9-3-14(17(20,21)22)25-16(13(9)7-23)24-8-15(27)26(2)12-5-10(18)4-11(19)6-12/h3-6H,8H2,1-2H3,(H,24,25). The number of nitrogens with one attached hydrogen (secondary N) is 1. The van der Waals surface area contributed by atoms with Crippen LogP contribution >= 0.6 is 23.2 Å². The number of rotatable bonds is 4. The number of halogens is 5. The van der Waals surface area contributed by atoms with Crippen LogP contribution in [0.2, 0.25) is 10.0 Å². The average molecular weight is 417 g/mol. The molecule has 1 aromatic heterocycles. The van der Waals surface area contributed by atoms with Crippen LogP contribution in [0.25, 0.3) is 0 Å². The van der Waals surface area contributed by atoms with Gasteiger partial charge in [0.2, 0.25) is 5.91 Å². The van der Waals surface area contributed by atoms with Gasteiger partial charge in [0.15, 0.2) is 0 Å². The number of carbonyl (C=O) groups is 1. The highest BCUT2D eigenvalue weighted by atomic mass is 35.5. The molecule has 0 fully saturated rings. The van der Waals surface area contributed by atoms with Gasteiger partial charge in [-0.3, -0.25) is 4.79 Å². The van der Waals surface area contributed by atoms with E-state index in [-0.39, 0.29) is 23.5 Å². The number of aromatic nitrogens is 1. The van der Waals surface area contributed by atoms with Crippen molar-refractivity contribution in [2.75, 3.05) is 23.8 Å². The number of hydrogen-bond acceptors (Lipinski definition) is 4. The Balaban J connectivity index is 2.23. The summed E-state index contributed by atoms with van der Waals surface area (Å²) < 4.78 is 38.8. The zero-order valence-electron chi connectivity index (χ0n) is 14.2. The van der Waals surface area contributed by atoms with Gasteiger partial charge in [-0.15, -0.1) is 0 Å². The Kier molecular flexibility index (Phi) is 6.19. The summed E-state index contributed by atoms with van der Waals surface area (Å²) in [7, 11) is 1.46. The first-order chi connectivity index (χ1) is 12.5. The lowest BCUT2D eigenvalue weighted by molar-refractivity contribution is -0.141. The molecule has 0 aliphatic rings. The summed E-state index contributed by atoms with van der Waals surface area (Å²) in [5.41, 5.74) is -0.703. The highest BCUT2D eigenvalue weighted by Gasteiger charge is 2.34. The third kappa shape index (κ3) is 5.02. The first-order valence-electron chi connectivity index (χ1n) is 7.48. The van der Waals surface area contributed by atoms with Crippen LogP contribution in [0.4, 0.5) is 24.7 Å². The number of nitriles is 1. The molecule has 27 heavy (non-hydrogen) atoms. The number of hydrogen-bond donors (Lipinski definition) is 1. The molecule has 0 aliphatic heterocycles. The van der Waals surface area contributed by atoms with Gasteiger partial charge in [-0.1, -0.05) is 23.2 Å². The van der Waals surface area contributed by atoms with Gasteiger partial charge in [-0.05, 0) is 36.8 Å². The summed E-state index contributed by atoms with van der Waals surface area (Å²) in [5.74, 6) is -0.801. The second-order valence-electron chi connectivity index (χ2n) is 5.59. The van der Waals surface area contributed by atoms with Crippen molar-refractivity contribution in [3.63, 3.8) is 0 Å². The van der Waals surface area contributed by atoms with Gasteiger partial charge >= 0.3 is 6.18 Å². The van der Waals surface area contributed by atoms with Crippen LogP contribution in [0.5, 0.6) is 0 Å². The molecule has 0 atom stereocenters. The summed E-state index contributed by atoms with van der Waals surface area (Å²) in [5, 5.41) is 12.3. The van der Waals surface area contributed by atoms with Gasteiger partial charge in [0, 0.05) is 22.8 Å². The number of carbonyl (C=O) groups excluding carboxylic acids is 1. The fourth-order valence-electron chi connectivity index (χ4n) is 2.24. The molecule has 2 aromatic rings.